The molecule has 0 saturated heterocycles. The second-order valence-electron chi connectivity index (χ2n) is 4.14. The van der Waals surface area contributed by atoms with Gasteiger partial charge in [-0.2, -0.15) is 5.26 Å². The minimum atomic E-state index is -0.623. The van der Waals surface area contributed by atoms with Crippen LogP contribution in [-0.4, -0.2) is 25.9 Å². The lowest BCUT2D eigenvalue weighted by molar-refractivity contribution is 0.631. The van der Waals surface area contributed by atoms with E-state index in [0.717, 1.165) is 16.3 Å². The van der Waals surface area contributed by atoms with Crippen molar-refractivity contribution in [1.82, 2.24) is 19.3 Å². The SMILES string of the molecule is C=CCNc1nnc(Sc2c(C#N)c(=O)n(C)c(=O)n2C)s1. The molecule has 2 aromatic heterocycles. The fourth-order valence-corrected chi connectivity index (χ4v) is 3.43. The maximum Gasteiger partial charge on any atom is 0.331 e. The first-order valence-corrected chi connectivity index (χ1v) is 7.69. The topological polar surface area (TPSA) is 106 Å². The molecule has 22 heavy (non-hydrogen) atoms. The van der Waals surface area contributed by atoms with Crippen molar-refractivity contribution in [2.24, 2.45) is 14.1 Å². The first-order valence-electron chi connectivity index (χ1n) is 6.05. The molecule has 0 aliphatic heterocycles. The van der Waals surface area contributed by atoms with Gasteiger partial charge in [0.2, 0.25) is 5.13 Å². The normalized spacial score (nSPS) is 10.2. The highest BCUT2D eigenvalue weighted by Crippen LogP contribution is 2.31. The maximum atomic E-state index is 12.0. The molecule has 2 aromatic rings. The van der Waals surface area contributed by atoms with Crippen LogP contribution in [0.3, 0.4) is 0 Å². The van der Waals surface area contributed by atoms with Gasteiger partial charge in [-0.1, -0.05) is 17.4 Å². The Morgan fingerprint density at radius 2 is 2.14 bits per heavy atom. The standard InChI is InChI=1S/C12H12N6O2S2/c1-4-5-14-10-15-16-11(22-10)21-9-7(6-13)8(19)17(2)12(20)18(9)3/h4H,1,5H2,2-3H3,(H,14,15). The summed E-state index contributed by atoms with van der Waals surface area (Å²) in [6.07, 6.45) is 1.69. The predicted molar refractivity (Wildman–Crippen MR) is 84.4 cm³/mol. The van der Waals surface area contributed by atoms with E-state index < -0.39 is 11.2 Å². The summed E-state index contributed by atoms with van der Waals surface area (Å²) in [5, 5.41) is 20.9. The third kappa shape index (κ3) is 2.95. The second kappa shape index (κ2) is 6.59. The van der Waals surface area contributed by atoms with Crippen LogP contribution in [0.25, 0.3) is 0 Å². The summed E-state index contributed by atoms with van der Waals surface area (Å²) in [7, 11) is 2.84. The number of nitriles is 1. The molecule has 0 unspecified atom stereocenters. The molecule has 0 atom stereocenters. The van der Waals surface area contributed by atoms with Gasteiger partial charge in [0.1, 0.15) is 16.7 Å². The zero-order chi connectivity index (χ0) is 16.3. The molecule has 0 saturated carbocycles. The summed E-state index contributed by atoms with van der Waals surface area (Å²) in [5.74, 6) is 0. The Kier molecular flexibility index (Phi) is 4.79. The van der Waals surface area contributed by atoms with Crippen LogP contribution in [0.15, 0.2) is 31.6 Å². The van der Waals surface area contributed by atoms with E-state index in [2.05, 4.69) is 22.1 Å². The second-order valence-corrected chi connectivity index (χ2v) is 6.36. The minimum absolute atomic E-state index is 0.0922. The van der Waals surface area contributed by atoms with Crippen molar-refractivity contribution in [2.45, 2.75) is 9.37 Å². The van der Waals surface area contributed by atoms with Gasteiger partial charge in [-0.3, -0.25) is 13.9 Å². The van der Waals surface area contributed by atoms with E-state index >= 15 is 0 Å². The maximum absolute atomic E-state index is 12.0. The van der Waals surface area contributed by atoms with E-state index in [9.17, 15) is 14.9 Å². The average molecular weight is 336 g/mol. The smallest absolute Gasteiger partial charge is 0.331 e. The van der Waals surface area contributed by atoms with Crippen molar-refractivity contribution in [3.8, 4) is 6.07 Å². The number of aromatic nitrogens is 4. The lowest BCUT2D eigenvalue weighted by Crippen LogP contribution is -2.39. The zero-order valence-corrected chi connectivity index (χ0v) is 13.5. The Morgan fingerprint density at radius 3 is 2.77 bits per heavy atom. The van der Waals surface area contributed by atoms with Gasteiger partial charge < -0.3 is 5.32 Å². The van der Waals surface area contributed by atoms with Crippen molar-refractivity contribution in [3.05, 3.63) is 39.1 Å². The van der Waals surface area contributed by atoms with Crippen LogP contribution in [0.5, 0.6) is 0 Å². The summed E-state index contributed by atoms with van der Waals surface area (Å²) in [4.78, 5) is 24.0. The average Bonchev–Trinajstić information content (AvgIpc) is 2.96. The van der Waals surface area contributed by atoms with Gasteiger partial charge in [0.15, 0.2) is 4.34 Å². The highest BCUT2D eigenvalue weighted by atomic mass is 32.2. The Morgan fingerprint density at radius 1 is 1.41 bits per heavy atom. The molecule has 0 aromatic carbocycles. The lowest BCUT2D eigenvalue weighted by atomic mass is 10.3. The van der Waals surface area contributed by atoms with Crippen LogP contribution in [-0.2, 0) is 14.1 Å². The summed E-state index contributed by atoms with van der Waals surface area (Å²) in [6, 6.07) is 1.85. The Balaban J connectivity index is 2.44. The third-order valence-electron chi connectivity index (χ3n) is 2.71. The van der Waals surface area contributed by atoms with Crippen LogP contribution in [0.1, 0.15) is 5.56 Å². The van der Waals surface area contributed by atoms with Crippen LogP contribution in [0.2, 0.25) is 0 Å². The number of rotatable bonds is 5. The molecule has 1 N–H and O–H groups in total. The van der Waals surface area contributed by atoms with Crippen LogP contribution in [0.4, 0.5) is 5.13 Å². The number of hydrogen-bond acceptors (Lipinski definition) is 8. The van der Waals surface area contributed by atoms with Gasteiger partial charge in [-0.15, -0.1) is 16.8 Å². The molecule has 0 radical (unpaired) electrons. The van der Waals surface area contributed by atoms with Gasteiger partial charge in [0.25, 0.3) is 5.56 Å². The van der Waals surface area contributed by atoms with Gasteiger partial charge >= 0.3 is 5.69 Å². The Labute approximate surface area is 133 Å². The van der Waals surface area contributed by atoms with Gasteiger partial charge in [0.05, 0.1) is 0 Å². The quantitative estimate of drug-likeness (QED) is 0.628. The molecule has 0 aliphatic carbocycles. The van der Waals surface area contributed by atoms with E-state index in [-0.39, 0.29) is 10.6 Å². The highest BCUT2D eigenvalue weighted by Gasteiger charge is 2.18. The highest BCUT2D eigenvalue weighted by molar-refractivity contribution is 8.01. The molecule has 0 fully saturated rings. The molecule has 0 aliphatic rings. The van der Waals surface area contributed by atoms with Crippen molar-refractivity contribution in [3.63, 3.8) is 0 Å². The molecule has 10 heteroatoms. The molecule has 2 heterocycles. The predicted octanol–water partition coefficient (Wildman–Crippen LogP) is 0.556. The zero-order valence-electron chi connectivity index (χ0n) is 11.9. The monoisotopic (exact) mass is 336 g/mol. The van der Waals surface area contributed by atoms with Crippen molar-refractivity contribution in [2.75, 3.05) is 11.9 Å². The van der Waals surface area contributed by atoms with E-state index in [0.29, 0.717) is 16.0 Å². The summed E-state index contributed by atoms with van der Waals surface area (Å²) in [6.45, 7) is 4.14. The molecule has 8 nitrogen and oxygen atoms in total. The molecular formula is C12H12N6O2S2. The number of nitrogens with one attached hydrogen (secondary N) is 1. The molecular weight excluding hydrogens is 324 g/mol. The Bertz CT molecular complexity index is 873. The molecule has 0 spiro atoms. The van der Waals surface area contributed by atoms with Crippen molar-refractivity contribution >= 4 is 28.2 Å². The van der Waals surface area contributed by atoms with Gasteiger partial charge in [-0.25, -0.2) is 4.79 Å². The van der Waals surface area contributed by atoms with Crippen LogP contribution < -0.4 is 16.6 Å². The number of nitrogens with zero attached hydrogens (tertiary/aromatic N) is 5. The fourth-order valence-electron chi connectivity index (χ4n) is 1.61. The summed E-state index contributed by atoms with van der Waals surface area (Å²) in [5.41, 5.74) is -1.21. The van der Waals surface area contributed by atoms with E-state index in [1.807, 2.05) is 6.07 Å². The minimum Gasteiger partial charge on any atom is -0.357 e. The lowest BCUT2D eigenvalue weighted by Gasteiger charge is -2.09. The van der Waals surface area contributed by atoms with E-state index in [1.54, 1.807) is 6.08 Å². The van der Waals surface area contributed by atoms with Crippen LogP contribution >= 0.6 is 23.1 Å². The third-order valence-corrected chi connectivity index (χ3v) is 4.81. The molecule has 114 valence electrons. The van der Waals surface area contributed by atoms with Crippen molar-refractivity contribution in [1.29, 1.82) is 5.26 Å². The molecule has 0 bridgehead atoms. The van der Waals surface area contributed by atoms with Crippen molar-refractivity contribution < 1.29 is 0 Å². The largest absolute Gasteiger partial charge is 0.357 e. The van der Waals surface area contributed by atoms with Crippen LogP contribution in [0, 0.1) is 11.3 Å². The number of anilines is 1. The van der Waals surface area contributed by atoms with E-state index in [1.165, 1.54) is 30.0 Å². The number of hydrogen-bond donors (Lipinski definition) is 1. The molecule has 0 amide bonds. The van der Waals surface area contributed by atoms with E-state index in [4.69, 9.17) is 0 Å². The summed E-state index contributed by atoms with van der Waals surface area (Å²) < 4.78 is 2.68. The molecule has 2 rings (SSSR count). The Hall–Kier alpha value is -2.38. The van der Waals surface area contributed by atoms with Gasteiger partial charge in [0, 0.05) is 20.6 Å². The summed E-state index contributed by atoms with van der Waals surface area (Å²) >= 11 is 2.32. The fraction of sp³-hybridized carbons (Fsp3) is 0.250. The first kappa shape index (κ1) is 16.0. The first-order chi connectivity index (χ1) is 10.5. The van der Waals surface area contributed by atoms with Gasteiger partial charge in [-0.05, 0) is 11.8 Å².